The van der Waals surface area contributed by atoms with Crippen LogP contribution >= 0.6 is 0 Å². The summed E-state index contributed by atoms with van der Waals surface area (Å²) in [5.41, 5.74) is 1.75. The SMILES string of the molecule is C[C@H](Cc1cccc(OCc2ccccc2)c1)NC(=O)OC(C)(C)C. The van der Waals surface area contributed by atoms with Gasteiger partial charge in [-0.05, 0) is 57.4 Å². The summed E-state index contributed by atoms with van der Waals surface area (Å²) in [6.07, 6.45) is 0.318. The molecule has 0 saturated heterocycles. The van der Waals surface area contributed by atoms with E-state index in [9.17, 15) is 4.79 Å². The third-order valence-corrected chi connectivity index (χ3v) is 3.45. The summed E-state index contributed by atoms with van der Waals surface area (Å²) in [5, 5.41) is 2.86. The Morgan fingerprint density at radius 3 is 2.40 bits per heavy atom. The summed E-state index contributed by atoms with van der Waals surface area (Å²) in [7, 11) is 0. The van der Waals surface area contributed by atoms with Crippen LogP contribution in [0.15, 0.2) is 54.6 Å². The summed E-state index contributed by atoms with van der Waals surface area (Å²) in [5.74, 6) is 0.825. The van der Waals surface area contributed by atoms with Gasteiger partial charge in [0.25, 0.3) is 0 Å². The van der Waals surface area contributed by atoms with Crippen LogP contribution < -0.4 is 10.1 Å². The van der Waals surface area contributed by atoms with Crippen molar-refractivity contribution in [2.75, 3.05) is 0 Å². The van der Waals surface area contributed by atoms with Crippen molar-refractivity contribution < 1.29 is 14.3 Å². The van der Waals surface area contributed by atoms with Gasteiger partial charge in [-0.25, -0.2) is 4.79 Å². The second-order valence-corrected chi connectivity index (χ2v) is 7.17. The Labute approximate surface area is 150 Å². The molecule has 0 bridgehead atoms. The minimum atomic E-state index is -0.491. The van der Waals surface area contributed by atoms with E-state index in [4.69, 9.17) is 9.47 Å². The lowest BCUT2D eigenvalue weighted by Gasteiger charge is -2.22. The molecule has 2 aromatic rings. The van der Waals surface area contributed by atoms with Gasteiger partial charge >= 0.3 is 6.09 Å². The first-order chi connectivity index (χ1) is 11.8. The van der Waals surface area contributed by atoms with E-state index in [1.807, 2.05) is 82.3 Å². The van der Waals surface area contributed by atoms with Gasteiger partial charge < -0.3 is 14.8 Å². The molecule has 0 heterocycles. The molecule has 0 radical (unpaired) electrons. The molecule has 0 aliphatic heterocycles. The summed E-state index contributed by atoms with van der Waals surface area (Å²) >= 11 is 0. The molecule has 1 atom stereocenters. The number of carbonyl (C=O) groups excluding carboxylic acids is 1. The van der Waals surface area contributed by atoms with Crippen LogP contribution in [0.4, 0.5) is 4.79 Å². The molecule has 1 N–H and O–H groups in total. The van der Waals surface area contributed by atoms with Crippen LogP contribution in [0.5, 0.6) is 5.75 Å². The molecule has 0 fully saturated rings. The summed E-state index contributed by atoms with van der Waals surface area (Å²) in [6, 6.07) is 18.0. The first kappa shape index (κ1) is 18.8. The van der Waals surface area contributed by atoms with Crippen LogP contribution in [0.3, 0.4) is 0 Å². The van der Waals surface area contributed by atoms with E-state index in [1.165, 1.54) is 0 Å². The Balaban J connectivity index is 1.87. The average Bonchev–Trinajstić information content (AvgIpc) is 2.52. The lowest BCUT2D eigenvalue weighted by molar-refractivity contribution is 0.0508. The van der Waals surface area contributed by atoms with Gasteiger partial charge in [0.1, 0.15) is 18.0 Å². The number of nitrogens with one attached hydrogen (secondary N) is 1. The molecule has 0 aliphatic carbocycles. The number of rotatable bonds is 6. The maximum atomic E-state index is 11.8. The number of carbonyl (C=O) groups is 1. The Hall–Kier alpha value is -2.49. The maximum absolute atomic E-state index is 11.8. The predicted octanol–water partition coefficient (Wildman–Crippen LogP) is 4.72. The monoisotopic (exact) mass is 341 g/mol. The zero-order valence-electron chi connectivity index (χ0n) is 15.4. The smallest absolute Gasteiger partial charge is 0.407 e. The van der Waals surface area contributed by atoms with Gasteiger partial charge in [-0.15, -0.1) is 0 Å². The Kier molecular flexibility index (Phi) is 6.45. The highest BCUT2D eigenvalue weighted by atomic mass is 16.6. The molecule has 134 valence electrons. The van der Waals surface area contributed by atoms with Gasteiger partial charge in [0.2, 0.25) is 0 Å². The van der Waals surface area contributed by atoms with Crippen LogP contribution in [0.1, 0.15) is 38.8 Å². The second-order valence-electron chi connectivity index (χ2n) is 7.17. The van der Waals surface area contributed by atoms with E-state index in [2.05, 4.69) is 5.32 Å². The zero-order valence-corrected chi connectivity index (χ0v) is 15.4. The Morgan fingerprint density at radius 1 is 1.04 bits per heavy atom. The summed E-state index contributed by atoms with van der Waals surface area (Å²) < 4.78 is 11.1. The first-order valence-corrected chi connectivity index (χ1v) is 8.57. The molecule has 2 aromatic carbocycles. The Bertz CT molecular complexity index is 677. The van der Waals surface area contributed by atoms with Crippen molar-refractivity contribution in [2.24, 2.45) is 0 Å². The van der Waals surface area contributed by atoms with Crippen molar-refractivity contribution in [3.8, 4) is 5.75 Å². The topological polar surface area (TPSA) is 47.6 Å². The third-order valence-electron chi connectivity index (χ3n) is 3.45. The largest absolute Gasteiger partial charge is 0.489 e. The highest BCUT2D eigenvalue weighted by molar-refractivity contribution is 5.68. The van der Waals surface area contributed by atoms with Crippen LogP contribution in [-0.4, -0.2) is 17.7 Å². The fourth-order valence-corrected chi connectivity index (χ4v) is 2.42. The molecule has 25 heavy (non-hydrogen) atoms. The van der Waals surface area contributed by atoms with Crippen molar-refractivity contribution in [2.45, 2.75) is 52.4 Å². The number of benzene rings is 2. The van der Waals surface area contributed by atoms with Crippen LogP contribution in [0.25, 0.3) is 0 Å². The lowest BCUT2D eigenvalue weighted by atomic mass is 10.1. The van der Waals surface area contributed by atoms with Crippen molar-refractivity contribution in [3.63, 3.8) is 0 Å². The fraction of sp³-hybridized carbons (Fsp3) is 0.381. The van der Waals surface area contributed by atoms with Gasteiger partial charge in [0.05, 0.1) is 0 Å². The molecule has 0 unspecified atom stereocenters. The van der Waals surface area contributed by atoms with Crippen molar-refractivity contribution in [3.05, 3.63) is 65.7 Å². The number of alkyl carbamates (subject to hydrolysis) is 1. The van der Waals surface area contributed by atoms with E-state index >= 15 is 0 Å². The van der Waals surface area contributed by atoms with Crippen LogP contribution in [0.2, 0.25) is 0 Å². The summed E-state index contributed by atoms with van der Waals surface area (Å²) in [4.78, 5) is 11.8. The molecular formula is C21H27NO3. The molecule has 2 rings (SSSR count). The minimum Gasteiger partial charge on any atom is -0.489 e. The first-order valence-electron chi connectivity index (χ1n) is 8.57. The summed E-state index contributed by atoms with van der Waals surface area (Å²) in [6.45, 7) is 8.05. The molecular weight excluding hydrogens is 314 g/mol. The fourth-order valence-electron chi connectivity index (χ4n) is 2.42. The molecule has 4 nitrogen and oxygen atoms in total. The van der Waals surface area contributed by atoms with Gasteiger partial charge in [-0.1, -0.05) is 42.5 Å². The van der Waals surface area contributed by atoms with E-state index in [0.717, 1.165) is 16.9 Å². The number of hydrogen-bond acceptors (Lipinski definition) is 3. The van der Waals surface area contributed by atoms with E-state index in [-0.39, 0.29) is 6.04 Å². The van der Waals surface area contributed by atoms with E-state index < -0.39 is 11.7 Å². The highest BCUT2D eigenvalue weighted by Gasteiger charge is 2.17. The normalized spacial score (nSPS) is 12.3. The second kappa shape index (κ2) is 8.56. The quantitative estimate of drug-likeness (QED) is 0.827. The minimum absolute atomic E-state index is 0.0285. The predicted molar refractivity (Wildman–Crippen MR) is 99.8 cm³/mol. The molecule has 0 aliphatic rings. The van der Waals surface area contributed by atoms with Crippen LogP contribution in [0, 0.1) is 0 Å². The van der Waals surface area contributed by atoms with Crippen LogP contribution in [-0.2, 0) is 17.8 Å². The third kappa shape index (κ3) is 7.29. The molecule has 4 heteroatoms. The average molecular weight is 341 g/mol. The standard InChI is InChI=1S/C21H27NO3/c1-16(22-20(23)25-21(2,3)4)13-18-11-8-12-19(14-18)24-15-17-9-6-5-7-10-17/h5-12,14,16H,13,15H2,1-4H3,(H,22,23)/t16-/m1/s1. The van der Waals surface area contributed by atoms with Gasteiger partial charge in [0.15, 0.2) is 0 Å². The van der Waals surface area contributed by atoms with Crippen molar-refractivity contribution in [1.29, 1.82) is 0 Å². The van der Waals surface area contributed by atoms with Gasteiger partial charge in [-0.3, -0.25) is 0 Å². The molecule has 1 amide bonds. The zero-order chi connectivity index (χ0) is 18.3. The molecule has 0 saturated carbocycles. The highest BCUT2D eigenvalue weighted by Crippen LogP contribution is 2.16. The van der Waals surface area contributed by atoms with E-state index in [0.29, 0.717) is 13.0 Å². The molecule has 0 spiro atoms. The van der Waals surface area contributed by atoms with Gasteiger partial charge in [-0.2, -0.15) is 0 Å². The van der Waals surface area contributed by atoms with Crippen molar-refractivity contribution in [1.82, 2.24) is 5.32 Å². The molecule has 0 aromatic heterocycles. The lowest BCUT2D eigenvalue weighted by Crippen LogP contribution is -2.38. The maximum Gasteiger partial charge on any atom is 0.407 e. The number of amides is 1. The van der Waals surface area contributed by atoms with Crippen molar-refractivity contribution >= 4 is 6.09 Å². The number of hydrogen-bond donors (Lipinski definition) is 1. The number of ether oxygens (including phenoxy) is 2. The Morgan fingerprint density at radius 2 is 1.72 bits per heavy atom. The van der Waals surface area contributed by atoms with E-state index in [1.54, 1.807) is 0 Å². The van der Waals surface area contributed by atoms with Gasteiger partial charge in [0, 0.05) is 6.04 Å².